The van der Waals surface area contributed by atoms with Gasteiger partial charge >= 0.3 is 5.97 Å². The number of ether oxygens (including phenoxy) is 1. The van der Waals surface area contributed by atoms with Gasteiger partial charge < -0.3 is 9.15 Å². The van der Waals surface area contributed by atoms with Gasteiger partial charge in [0.1, 0.15) is 0 Å². The predicted molar refractivity (Wildman–Crippen MR) is 87.2 cm³/mol. The van der Waals surface area contributed by atoms with Gasteiger partial charge in [-0.15, -0.1) is 0 Å². The second-order valence-electron chi connectivity index (χ2n) is 4.85. The summed E-state index contributed by atoms with van der Waals surface area (Å²) in [6, 6.07) is 19.1. The highest BCUT2D eigenvalue weighted by molar-refractivity contribution is 5.86. The van der Waals surface area contributed by atoms with E-state index in [0.29, 0.717) is 11.7 Å². The second kappa shape index (κ2) is 7.22. The van der Waals surface area contributed by atoms with Crippen LogP contribution in [0.4, 0.5) is 0 Å². The SMILES string of the molecule is O=C(/C=C/c1ccccc1)OCc1cnc(-c2ccccc2)o1. The van der Waals surface area contributed by atoms with E-state index < -0.39 is 5.97 Å². The van der Waals surface area contributed by atoms with Gasteiger partial charge in [-0.3, -0.25) is 0 Å². The summed E-state index contributed by atoms with van der Waals surface area (Å²) in [6.07, 6.45) is 4.67. The maximum atomic E-state index is 11.7. The van der Waals surface area contributed by atoms with Crippen molar-refractivity contribution in [3.63, 3.8) is 0 Å². The smallest absolute Gasteiger partial charge is 0.331 e. The molecule has 0 amide bonds. The van der Waals surface area contributed by atoms with Gasteiger partial charge in [-0.05, 0) is 23.8 Å². The number of nitrogens with zero attached hydrogens (tertiary/aromatic N) is 1. The molecule has 114 valence electrons. The summed E-state index contributed by atoms with van der Waals surface area (Å²) < 4.78 is 10.7. The molecule has 0 atom stereocenters. The number of esters is 1. The van der Waals surface area contributed by atoms with Crippen LogP contribution in [0.15, 0.2) is 77.4 Å². The van der Waals surface area contributed by atoms with E-state index in [4.69, 9.17) is 9.15 Å². The Morgan fingerprint density at radius 3 is 2.48 bits per heavy atom. The third-order valence-corrected chi connectivity index (χ3v) is 3.14. The molecule has 4 nitrogen and oxygen atoms in total. The van der Waals surface area contributed by atoms with Crippen molar-refractivity contribution in [2.45, 2.75) is 6.61 Å². The zero-order chi connectivity index (χ0) is 15.9. The average molecular weight is 305 g/mol. The van der Waals surface area contributed by atoms with E-state index in [0.717, 1.165) is 11.1 Å². The molecule has 1 heterocycles. The Kier molecular flexibility index (Phi) is 4.64. The molecule has 0 saturated heterocycles. The van der Waals surface area contributed by atoms with Crippen molar-refractivity contribution in [3.8, 4) is 11.5 Å². The van der Waals surface area contributed by atoms with Crippen molar-refractivity contribution in [2.24, 2.45) is 0 Å². The average Bonchev–Trinajstić information content (AvgIpc) is 3.09. The molecule has 2 aromatic carbocycles. The van der Waals surface area contributed by atoms with Gasteiger partial charge in [0, 0.05) is 11.6 Å². The zero-order valence-electron chi connectivity index (χ0n) is 12.4. The number of carbonyl (C=O) groups excluding carboxylic acids is 1. The van der Waals surface area contributed by atoms with Crippen molar-refractivity contribution in [3.05, 3.63) is 84.3 Å². The number of rotatable bonds is 5. The summed E-state index contributed by atoms with van der Waals surface area (Å²) in [6.45, 7) is 0.0534. The molecule has 4 heteroatoms. The first-order valence-electron chi connectivity index (χ1n) is 7.21. The van der Waals surface area contributed by atoms with E-state index in [1.165, 1.54) is 6.08 Å². The highest BCUT2D eigenvalue weighted by Gasteiger charge is 2.07. The minimum Gasteiger partial charge on any atom is -0.454 e. The molecule has 0 spiro atoms. The highest BCUT2D eigenvalue weighted by Crippen LogP contribution is 2.18. The van der Waals surface area contributed by atoms with E-state index in [1.54, 1.807) is 12.3 Å². The van der Waals surface area contributed by atoms with Gasteiger partial charge in [0.15, 0.2) is 12.4 Å². The highest BCUT2D eigenvalue weighted by atomic mass is 16.5. The first-order valence-corrected chi connectivity index (χ1v) is 7.21. The summed E-state index contributed by atoms with van der Waals surface area (Å²) in [5.74, 6) is 0.591. The number of carbonyl (C=O) groups is 1. The summed E-state index contributed by atoms with van der Waals surface area (Å²) >= 11 is 0. The lowest BCUT2D eigenvalue weighted by Gasteiger charge is -1.98. The van der Waals surface area contributed by atoms with Gasteiger partial charge in [0.2, 0.25) is 5.89 Å². The van der Waals surface area contributed by atoms with Gasteiger partial charge in [0.25, 0.3) is 0 Å². The number of aromatic nitrogens is 1. The number of hydrogen-bond donors (Lipinski definition) is 0. The Labute approximate surface area is 134 Å². The quantitative estimate of drug-likeness (QED) is 0.526. The van der Waals surface area contributed by atoms with Crippen molar-refractivity contribution in [2.75, 3.05) is 0 Å². The fourth-order valence-electron chi connectivity index (χ4n) is 2.01. The summed E-state index contributed by atoms with van der Waals surface area (Å²) in [4.78, 5) is 15.9. The van der Waals surface area contributed by atoms with Crippen molar-refractivity contribution in [1.82, 2.24) is 4.98 Å². The molecular weight excluding hydrogens is 290 g/mol. The van der Waals surface area contributed by atoms with Crippen LogP contribution in [0.2, 0.25) is 0 Å². The van der Waals surface area contributed by atoms with Crippen LogP contribution >= 0.6 is 0 Å². The monoisotopic (exact) mass is 305 g/mol. The lowest BCUT2D eigenvalue weighted by atomic mass is 10.2. The van der Waals surface area contributed by atoms with Crippen LogP contribution in [-0.4, -0.2) is 11.0 Å². The minimum atomic E-state index is -0.425. The lowest BCUT2D eigenvalue weighted by Crippen LogP contribution is -1.99. The molecule has 0 bridgehead atoms. The standard InChI is InChI=1S/C19H15NO3/c21-18(12-11-15-7-3-1-4-8-15)22-14-17-13-20-19(23-17)16-9-5-2-6-10-16/h1-13H,14H2/b12-11+. The molecule has 0 aliphatic carbocycles. The fourth-order valence-corrected chi connectivity index (χ4v) is 2.01. The third kappa shape index (κ3) is 4.17. The van der Waals surface area contributed by atoms with Crippen LogP contribution in [0.1, 0.15) is 11.3 Å². The summed E-state index contributed by atoms with van der Waals surface area (Å²) in [7, 11) is 0. The van der Waals surface area contributed by atoms with Crippen LogP contribution in [0.3, 0.4) is 0 Å². The maximum absolute atomic E-state index is 11.7. The van der Waals surface area contributed by atoms with Crippen LogP contribution in [-0.2, 0) is 16.1 Å². The molecule has 0 saturated carbocycles. The predicted octanol–water partition coefficient (Wildman–Crippen LogP) is 4.10. The van der Waals surface area contributed by atoms with E-state index in [9.17, 15) is 4.79 Å². The zero-order valence-corrected chi connectivity index (χ0v) is 12.4. The van der Waals surface area contributed by atoms with E-state index in [1.807, 2.05) is 60.7 Å². The van der Waals surface area contributed by atoms with Crippen molar-refractivity contribution in [1.29, 1.82) is 0 Å². The second-order valence-corrected chi connectivity index (χ2v) is 4.85. The largest absolute Gasteiger partial charge is 0.454 e. The van der Waals surface area contributed by atoms with Crippen LogP contribution < -0.4 is 0 Å². The Bertz CT molecular complexity index is 792. The fraction of sp³-hybridized carbons (Fsp3) is 0.0526. The van der Waals surface area contributed by atoms with E-state index in [2.05, 4.69) is 4.98 Å². The molecule has 0 radical (unpaired) electrons. The molecule has 0 unspecified atom stereocenters. The summed E-state index contributed by atoms with van der Waals surface area (Å²) in [5.41, 5.74) is 1.82. The third-order valence-electron chi connectivity index (χ3n) is 3.14. The number of benzene rings is 2. The summed E-state index contributed by atoms with van der Waals surface area (Å²) in [5, 5.41) is 0. The first-order chi connectivity index (χ1) is 11.3. The molecule has 0 fully saturated rings. The van der Waals surface area contributed by atoms with Gasteiger partial charge in [-0.25, -0.2) is 9.78 Å². The maximum Gasteiger partial charge on any atom is 0.331 e. The number of hydrogen-bond acceptors (Lipinski definition) is 4. The lowest BCUT2D eigenvalue weighted by molar-refractivity contribution is -0.139. The molecule has 3 aromatic rings. The Balaban J connectivity index is 1.55. The molecule has 0 aliphatic rings. The van der Waals surface area contributed by atoms with Crippen molar-refractivity contribution >= 4 is 12.0 Å². The van der Waals surface area contributed by atoms with E-state index >= 15 is 0 Å². The molecular formula is C19H15NO3. The van der Waals surface area contributed by atoms with Gasteiger partial charge in [-0.2, -0.15) is 0 Å². The molecule has 1 aromatic heterocycles. The van der Waals surface area contributed by atoms with Gasteiger partial charge in [0.05, 0.1) is 6.20 Å². The Hall–Kier alpha value is -3.14. The molecule has 0 aliphatic heterocycles. The van der Waals surface area contributed by atoms with E-state index in [-0.39, 0.29) is 6.61 Å². The molecule has 23 heavy (non-hydrogen) atoms. The van der Waals surface area contributed by atoms with Crippen LogP contribution in [0.25, 0.3) is 17.5 Å². The minimum absolute atomic E-state index is 0.0534. The topological polar surface area (TPSA) is 52.3 Å². The van der Waals surface area contributed by atoms with Crippen LogP contribution in [0, 0.1) is 0 Å². The molecule has 3 rings (SSSR count). The Morgan fingerprint density at radius 1 is 1.04 bits per heavy atom. The number of oxazole rings is 1. The Morgan fingerprint density at radius 2 is 1.74 bits per heavy atom. The van der Waals surface area contributed by atoms with Crippen molar-refractivity contribution < 1.29 is 13.9 Å². The normalized spacial score (nSPS) is 10.8. The van der Waals surface area contributed by atoms with Gasteiger partial charge in [-0.1, -0.05) is 48.5 Å². The first kappa shape index (κ1) is 14.8. The van der Waals surface area contributed by atoms with Crippen LogP contribution in [0.5, 0.6) is 0 Å². The molecule has 0 N–H and O–H groups in total.